The molecule has 0 N–H and O–H groups in total. The summed E-state index contributed by atoms with van der Waals surface area (Å²) in [7, 11) is 4.28. The lowest BCUT2D eigenvalue weighted by molar-refractivity contribution is -0.133. The molecule has 1 aromatic heterocycles. The molecule has 0 bridgehead atoms. The Labute approximate surface area is 143 Å². The summed E-state index contributed by atoms with van der Waals surface area (Å²) in [5.74, 6) is 0.918. The predicted octanol–water partition coefficient (Wildman–Crippen LogP) is 2.30. The van der Waals surface area contributed by atoms with Crippen molar-refractivity contribution in [1.82, 2.24) is 14.8 Å². The third-order valence-electron chi connectivity index (χ3n) is 5.05. The lowest BCUT2D eigenvalue weighted by Crippen LogP contribution is -2.49. The third kappa shape index (κ3) is 3.53. The Morgan fingerprint density at radius 3 is 2.96 bits per heavy atom. The lowest BCUT2D eigenvalue weighted by Gasteiger charge is -2.39. The number of carbonyl (C=O) groups excluding carboxylic acids is 1. The van der Waals surface area contributed by atoms with Crippen molar-refractivity contribution in [2.75, 3.05) is 38.6 Å². The fraction of sp³-hybridized carbons (Fsp3) is 0.765. The minimum Gasteiger partial charge on any atom is -0.342 e. The van der Waals surface area contributed by atoms with Crippen LogP contribution in [0.5, 0.6) is 0 Å². The van der Waals surface area contributed by atoms with E-state index in [1.54, 1.807) is 11.3 Å². The lowest BCUT2D eigenvalue weighted by atomic mass is 9.92. The highest BCUT2D eigenvalue weighted by Gasteiger charge is 2.45. The van der Waals surface area contributed by atoms with Gasteiger partial charge in [0, 0.05) is 49.7 Å². The van der Waals surface area contributed by atoms with Crippen molar-refractivity contribution in [3.63, 3.8) is 0 Å². The number of nitrogens with zero attached hydrogens (tertiary/aromatic N) is 4. The molecule has 5 nitrogen and oxygen atoms in total. The first-order valence-electron chi connectivity index (χ1n) is 8.70. The fourth-order valence-electron chi connectivity index (χ4n) is 4.18. The van der Waals surface area contributed by atoms with E-state index in [4.69, 9.17) is 0 Å². The summed E-state index contributed by atoms with van der Waals surface area (Å²) in [4.78, 5) is 23.7. The van der Waals surface area contributed by atoms with Gasteiger partial charge in [0.15, 0.2) is 5.13 Å². The van der Waals surface area contributed by atoms with Gasteiger partial charge in [-0.05, 0) is 39.3 Å². The Balaban J connectivity index is 1.75. The van der Waals surface area contributed by atoms with Crippen molar-refractivity contribution >= 4 is 22.4 Å². The molecule has 0 radical (unpaired) electrons. The summed E-state index contributed by atoms with van der Waals surface area (Å²) < 4.78 is 0. The summed E-state index contributed by atoms with van der Waals surface area (Å²) >= 11 is 1.74. The van der Waals surface area contributed by atoms with E-state index in [2.05, 4.69) is 46.1 Å². The van der Waals surface area contributed by atoms with Crippen LogP contribution < -0.4 is 4.90 Å². The van der Waals surface area contributed by atoms with Crippen LogP contribution in [0, 0.1) is 5.92 Å². The second-order valence-electron chi connectivity index (χ2n) is 7.08. The van der Waals surface area contributed by atoms with E-state index < -0.39 is 0 Å². The monoisotopic (exact) mass is 336 g/mol. The molecule has 2 saturated heterocycles. The molecule has 128 valence electrons. The van der Waals surface area contributed by atoms with Crippen molar-refractivity contribution in [2.45, 2.75) is 44.7 Å². The van der Waals surface area contributed by atoms with E-state index in [1.165, 1.54) is 6.42 Å². The van der Waals surface area contributed by atoms with Crippen LogP contribution in [0.3, 0.4) is 0 Å². The number of rotatable bonds is 5. The predicted molar refractivity (Wildman–Crippen MR) is 94.9 cm³/mol. The quantitative estimate of drug-likeness (QED) is 0.827. The molecular formula is C17H28N4OS. The Hall–Kier alpha value is -1.14. The maximum absolute atomic E-state index is 12.2. The van der Waals surface area contributed by atoms with Gasteiger partial charge in [-0.15, -0.1) is 11.3 Å². The average Bonchev–Trinajstić information content (AvgIpc) is 3.12. The molecule has 3 atom stereocenters. The maximum Gasteiger partial charge on any atom is 0.222 e. The number of likely N-dealkylation sites (N-methyl/N-ethyl adjacent to an activating group) is 1. The van der Waals surface area contributed by atoms with Gasteiger partial charge in [0.25, 0.3) is 0 Å². The van der Waals surface area contributed by atoms with Crippen LogP contribution in [0.1, 0.15) is 32.6 Å². The number of aromatic nitrogens is 1. The molecule has 1 aromatic rings. The van der Waals surface area contributed by atoms with Crippen molar-refractivity contribution in [1.29, 1.82) is 0 Å². The Bertz CT molecular complexity index is 519. The van der Waals surface area contributed by atoms with E-state index in [0.29, 0.717) is 30.3 Å². The van der Waals surface area contributed by atoms with E-state index in [1.807, 2.05) is 6.20 Å². The zero-order chi connectivity index (χ0) is 16.4. The van der Waals surface area contributed by atoms with Gasteiger partial charge in [-0.3, -0.25) is 4.79 Å². The molecule has 0 saturated carbocycles. The molecule has 2 fully saturated rings. The summed E-state index contributed by atoms with van der Waals surface area (Å²) in [6.45, 7) is 4.96. The van der Waals surface area contributed by atoms with E-state index in [9.17, 15) is 4.79 Å². The van der Waals surface area contributed by atoms with Gasteiger partial charge in [-0.2, -0.15) is 0 Å². The van der Waals surface area contributed by atoms with Gasteiger partial charge in [0.05, 0.1) is 0 Å². The first-order valence-corrected chi connectivity index (χ1v) is 9.58. The second-order valence-corrected chi connectivity index (χ2v) is 7.95. The minimum absolute atomic E-state index is 0.336. The highest BCUT2D eigenvalue weighted by atomic mass is 32.1. The molecule has 0 aliphatic carbocycles. The maximum atomic E-state index is 12.2. The van der Waals surface area contributed by atoms with Gasteiger partial charge in [0.2, 0.25) is 5.91 Å². The zero-order valence-electron chi connectivity index (χ0n) is 14.4. The largest absolute Gasteiger partial charge is 0.342 e. The van der Waals surface area contributed by atoms with Crippen molar-refractivity contribution in [2.24, 2.45) is 5.92 Å². The smallest absolute Gasteiger partial charge is 0.222 e. The Morgan fingerprint density at radius 2 is 2.30 bits per heavy atom. The van der Waals surface area contributed by atoms with Crippen molar-refractivity contribution in [3.05, 3.63) is 11.6 Å². The molecule has 23 heavy (non-hydrogen) atoms. The molecule has 2 aliphatic heterocycles. The molecule has 3 heterocycles. The minimum atomic E-state index is 0.336. The molecule has 3 rings (SSSR count). The standard InChI is InChI=1S/C17H28N4OS/c1-4-5-16(22)20-8-6-15-13(11-20)10-14(12-19(2)3)21(15)17-18-7-9-23-17/h7,9,13-15H,4-6,8,10-12H2,1-3H3/t13-,14+,15+/m1/s1. The van der Waals surface area contributed by atoms with Crippen LogP contribution in [-0.2, 0) is 4.79 Å². The number of fused-ring (bicyclic) bond motifs is 1. The first kappa shape index (κ1) is 16.7. The number of likely N-dealkylation sites (tertiary alicyclic amines) is 1. The molecule has 2 aliphatic rings. The number of amides is 1. The average molecular weight is 337 g/mol. The van der Waals surface area contributed by atoms with Crippen LogP contribution in [0.15, 0.2) is 11.6 Å². The number of thiazole rings is 1. The summed E-state index contributed by atoms with van der Waals surface area (Å²) in [6.07, 6.45) is 5.77. The fourth-order valence-corrected chi connectivity index (χ4v) is 4.95. The summed E-state index contributed by atoms with van der Waals surface area (Å²) in [6, 6.07) is 1.05. The molecule has 0 spiro atoms. The van der Waals surface area contributed by atoms with Gasteiger partial charge in [-0.1, -0.05) is 6.92 Å². The van der Waals surface area contributed by atoms with E-state index in [-0.39, 0.29) is 0 Å². The van der Waals surface area contributed by atoms with Crippen LogP contribution in [0.25, 0.3) is 0 Å². The number of anilines is 1. The molecule has 0 unspecified atom stereocenters. The number of carbonyl (C=O) groups is 1. The molecule has 6 heteroatoms. The van der Waals surface area contributed by atoms with Gasteiger partial charge in [0.1, 0.15) is 0 Å². The third-order valence-corrected chi connectivity index (χ3v) is 5.84. The van der Waals surface area contributed by atoms with Gasteiger partial charge < -0.3 is 14.7 Å². The number of hydrogen-bond acceptors (Lipinski definition) is 5. The molecular weight excluding hydrogens is 308 g/mol. The number of hydrogen-bond donors (Lipinski definition) is 0. The normalized spacial score (nSPS) is 27.6. The molecule has 0 aromatic carbocycles. The summed E-state index contributed by atoms with van der Waals surface area (Å²) in [5.41, 5.74) is 0. The van der Waals surface area contributed by atoms with Crippen LogP contribution in [-0.4, -0.2) is 66.5 Å². The van der Waals surface area contributed by atoms with Crippen LogP contribution in [0.4, 0.5) is 5.13 Å². The Morgan fingerprint density at radius 1 is 1.48 bits per heavy atom. The van der Waals surface area contributed by atoms with Gasteiger partial charge in [-0.25, -0.2) is 4.98 Å². The second kappa shape index (κ2) is 7.18. The SMILES string of the molecule is CCCC(=O)N1CC[C@H]2[C@H](C[C@@H](CN(C)C)N2c2nccs2)C1. The highest BCUT2D eigenvalue weighted by Crippen LogP contribution is 2.40. The topological polar surface area (TPSA) is 39.7 Å². The van der Waals surface area contributed by atoms with E-state index in [0.717, 1.165) is 37.6 Å². The van der Waals surface area contributed by atoms with Crippen molar-refractivity contribution in [3.8, 4) is 0 Å². The number of piperidine rings is 1. The zero-order valence-corrected chi connectivity index (χ0v) is 15.3. The van der Waals surface area contributed by atoms with Crippen LogP contribution >= 0.6 is 11.3 Å². The summed E-state index contributed by atoms with van der Waals surface area (Å²) in [5, 5.41) is 3.22. The van der Waals surface area contributed by atoms with E-state index >= 15 is 0 Å². The van der Waals surface area contributed by atoms with Gasteiger partial charge >= 0.3 is 0 Å². The van der Waals surface area contributed by atoms with Crippen LogP contribution in [0.2, 0.25) is 0 Å². The Kier molecular flexibility index (Phi) is 5.21. The molecule has 1 amide bonds. The highest BCUT2D eigenvalue weighted by molar-refractivity contribution is 7.13. The van der Waals surface area contributed by atoms with Crippen molar-refractivity contribution < 1.29 is 4.79 Å². The first-order chi connectivity index (χ1) is 11.1.